The lowest BCUT2D eigenvalue weighted by atomic mass is 9.33. The maximum atomic E-state index is 2.67. The van der Waals surface area contributed by atoms with Crippen molar-refractivity contribution in [2.24, 2.45) is 0 Å². The third kappa shape index (κ3) is 9.23. The number of nitrogens with zero attached hydrogens (tertiary/aromatic N) is 4. The van der Waals surface area contributed by atoms with Gasteiger partial charge in [-0.3, -0.25) is 0 Å². The molecule has 0 radical (unpaired) electrons. The van der Waals surface area contributed by atoms with Gasteiger partial charge in [-0.15, -0.1) is 11.3 Å². The van der Waals surface area contributed by atoms with E-state index in [1.165, 1.54) is 148 Å². The molecule has 0 spiro atoms. The highest BCUT2D eigenvalue weighted by Gasteiger charge is 2.45. The van der Waals surface area contributed by atoms with Gasteiger partial charge in [0.1, 0.15) is 0 Å². The van der Waals surface area contributed by atoms with E-state index in [0.29, 0.717) is 0 Å². The number of benzene rings is 11. The van der Waals surface area contributed by atoms with Crippen molar-refractivity contribution in [3.05, 3.63) is 257 Å². The van der Waals surface area contributed by atoms with Crippen molar-refractivity contribution in [1.82, 2.24) is 4.57 Å². The van der Waals surface area contributed by atoms with Crippen LogP contribution in [0, 0.1) is 34.6 Å². The molecular weight excluding hydrogens is 1100 g/mol. The van der Waals surface area contributed by atoms with Crippen molar-refractivity contribution >= 4 is 128 Å². The highest BCUT2D eigenvalue weighted by molar-refractivity contribution is 7.25. The summed E-state index contributed by atoms with van der Waals surface area (Å²) in [6.45, 7) is 32.5. The Morgan fingerprint density at radius 1 is 0.371 bits per heavy atom. The van der Waals surface area contributed by atoms with E-state index in [4.69, 9.17) is 0 Å². The Balaban J connectivity index is 1.01. The molecular formula is C83H77BN4S. The van der Waals surface area contributed by atoms with Gasteiger partial charge in [-0.05, 0) is 220 Å². The molecule has 0 unspecified atom stereocenters. The number of thiophene rings is 1. The van der Waals surface area contributed by atoms with Gasteiger partial charge in [-0.2, -0.15) is 0 Å². The Morgan fingerprint density at radius 2 is 0.955 bits per heavy atom. The van der Waals surface area contributed by atoms with Crippen LogP contribution in [0.3, 0.4) is 0 Å². The third-order valence-electron chi connectivity index (χ3n) is 19.2. The van der Waals surface area contributed by atoms with Crippen LogP contribution >= 0.6 is 11.3 Å². The second-order valence-electron chi connectivity index (χ2n) is 28.6. The van der Waals surface area contributed by atoms with Gasteiger partial charge in [-0.1, -0.05) is 178 Å². The molecule has 6 heteroatoms. The molecule has 438 valence electrons. The number of rotatable bonds is 7. The Kier molecular flexibility index (Phi) is 13.0. The van der Waals surface area contributed by atoms with E-state index < -0.39 is 0 Å². The minimum absolute atomic E-state index is 0.0188. The summed E-state index contributed by atoms with van der Waals surface area (Å²) in [5.74, 6) is 0. The Hall–Kier alpha value is -9.10. The molecule has 15 rings (SSSR count). The molecule has 4 nitrogen and oxygen atoms in total. The maximum absolute atomic E-state index is 2.67. The highest BCUT2D eigenvalue weighted by atomic mass is 32.1. The van der Waals surface area contributed by atoms with Crippen LogP contribution in [0.25, 0.3) is 58.8 Å². The minimum Gasteiger partial charge on any atom is -0.311 e. The van der Waals surface area contributed by atoms with Crippen molar-refractivity contribution in [1.29, 1.82) is 0 Å². The molecule has 0 N–H and O–H groups in total. The summed E-state index contributed by atoms with van der Waals surface area (Å²) < 4.78 is 5.09. The zero-order chi connectivity index (χ0) is 61.7. The number of hydrogen-bond acceptors (Lipinski definition) is 4. The van der Waals surface area contributed by atoms with E-state index in [2.05, 4.69) is 329 Å². The van der Waals surface area contributed by atoms with E-state index >= 15 is 0 Å². The molecule has 4 heterocycles. The summed E-state index contributed by atoms with van der Waals surface area (Å²) in [5, 5.41) is 5.11. The van der Waals surface area contributed by atoms with Crippen LogP contribution in [0.4, 0.5) is 51.2 Å². The van der Waals surface area contributed by atoms with Crippen LogP contribution in [0.15, 0.2) is 212 Å². The normalized spacial score (nSPS) is 13.2. The fourth-order valence-corrected chi connectivity index (χ4v) is 16.0. The zero-order valence-electron chi connectivity index (χ0n) is 54.0. The van der Waals surface area contributed by atoms with E-state index in [-0.39, 0.29) is 23.0 Å². The van der Waals surface area contributed by atoms with Crippen molar-refractivity contribution in [3.63, 3.8) is 0 Å². The van der Waals surface area contributed by atoms with E-state index in [0.717, 1.165) is 22.7 Å². The molecule has 13 aromatic rings. The zero-order valence-corrected chi connectivity index (χ0v) is 54.8. The van der Waals surface area contributed by atoms with Crippen molar-refractivity contribution < 1.29 is 0 Å². The second-order valence-corrected chi connectivity index (χ2v) is 29.7. The molecule has 0 atom stereocenters. The average molecular weight is 1170 g/mol. The van der Waals surface area contributed by atoms with Gasteiger partial charge in [0.2, 0.25) is 0 Å². The van der Waals surface area contributed by atoms with Gasteiger partial charge >= 0.3 is 0 Å². The number of hydrogen-bond donors (Lipinski definition) is 0. The molecule has 0 saturated carbocycles. The first-order chi connectivity index (χ1) is 42.6. The predicted molar refractivity (Wildman–Crippen MR) is 388 cm³/mol. The number of aryl methyl sites for hydroxylation is 5. The second kappa shape index (κ2) is 20.5. The van der Waals surface area contributed by atoms with E-state index in [1.807, 2.05) is 11.3 Å². The number of para-hydroxylation sites is 2. The van der Waals surface area contributed by atoms with E-state index in [9.17, 15) is 0 Å². The third-order valence-corrected chi connectivity index (χ3v) is 20.4. The summed E-state index contributed by atoms with van der Waals surface area (Å²) in [5.41, 5.74) is 30.5. The lowest BCUT2D eigenvalue weighted by molar-refractivity contribution is 0.589. The van der Waals surface area contributed by atoms with Crippen LogP contribution in [-0.4, -0.2) is 11.3 Å². The Labute approximate surface area is 530 Å². The highest BCUT2D eigenvalue weighted by Crippen LogP contribution is 2.51. The molecule has 11 aromatic carbocycles. The summed E-state index contributed by atoms with van der Waals surface area (Å²) in [6.07, 6.45) is 0. The molecule has 2 aliphatic rings. The van der Waals surface area contributed by atoms with Crippen LogP contribution in [-0.2, 0) is 16.2 Å². The van der Waals surface area contributed by atoms with Crippen molar-refractivity contribution in [2.75, 3.05) is 14.7 Å². The quantitative estimate of drug-likeness (QED) is 0.148. The first kappa shape index (κ1) is 56.4. The van der Waals surface area contributed by atoms with Gasteiger partial charge in [0.25, 0.3) is 6.71 Å². The van der Waals surface area contributed by atoms with Gasteiger partial charge in [0, 0.05) is 76.4 Å². The van der Waals surface area contributed by atoms with Gasteiger partial charge in [-0.25, -0.2) is 0 Å². The summed E-state index contributed by atoms with van der Waals surface area (Å²) in [6, 6.07) is 81.7. The Morgan fingerprint density at radius 3 is 1.65 bits per heavy atom. The van der Waals surface area contributed by atoms with Crippen molar-refractivity contribution in [2.45, 2.75) is 113 Å². The predicted octanol–water partition coefficient (Wildman–Crippen LogP) is 21.8. The monoisotopic (exact) mass is 1170 g/mol. The number of aromatic nitrogens is 1. The topological polar surface area (TPSA) is 14.7 Å². The van der Waals surface area contributed by atoms with Crippen LogP contribution < -0.4 is 31.1 Å². The molecule has 0 amide bonds. The first-order valence-corrected chi connectivity index (χ1v) is 32.6. The molecule has 0 saturated heterocycles. The maximum Gasteiger partial charge on any atom is 0.252 e. The standard InChI is InChI=1S/C83H77BN4S/c1-50-40-74-78-75(41-50)88(80-51(2)42-56(43-52(80)3)55-28-36-67-66-25-19-21-27-76(66)89-77(67)46-55)73-49-63(35-38-68(73)84(78)69-47-58(82(9,10)11)31-39-71(69)87(74)61-32-29-57(30-33-61)81(6,7)8)85(79-53(4)44-59(45-54(79)5)83(12,13)14)62-34-37-65-64-24-18-20-26-70(64)86(72(65)48-62)60-22-16-15-17-23-60/h15-49H,1-14H3. The summed E-state index contributed by atoms with van der Waals surface area (Å²) in [7, 11) is 0. The van der Waals surface area contributed by atoms with E-state index in [1.54, 1.807) is 0 Å². The fourth-order valence-electron chi connectivity index (χ4n) is 14.8. The first-order valence-electron chi connectivity index (χ1n) is 31.8. The average Bonchev–Trinajstić information content (AvgIpc) is 1.72. The van der Waals surface area contributed by atoms with Gasteiger partial charge in [0.15, 0.2) is 0 Å². The molecule has 0 aliphatic carbocycles. The SMILES string of the molecule is Cc1cc2c3c(c1)N(c1c(C)cc(-c4ccc5c(c4)sc4ccccc45)cc1C)c1cc(N(c4ccc5c6ccccc6n(-c6ccccc6)c5c4)c4c(C)cc(C(C)(C)C)cc4C)ccc1B3c1cc(C(C)(C)C)ccc1N2c1ccc(C(C)(C)C)cc1. The molecule has 0 fully saturated rings. The Bertz CT molecular complexity index is 4990. The lowest BCUT2D eigenvalue weighted by Gasteiger charge is -2.45. The largest absolute Gasteiger partial charge is 0.311 e. The summed E-state index contributed by atoms with van der Waals surface area (Å²) >= 11 is 1.88. The van der Waals surface area contributed by atoms with Gasteiger partial charge in [0.05, 0.1) is 22.4 Å². The number of fused-ring (bicyclic) bond motifs is 10. The van der Waals surface area contributed by atoms with Crippen LogP contribution in [0.2, 0.25) is 0 Å². The summed E-state index contributed by atoms with van der Waals surface area (Å²) in [4.78, 5) is 7.81. The molecule has 2 aromatic heterocycles. The molecule has 0 bridgehead atoms. The van der Waals surface area contributed by atoms with Crippen molar-refractivity contribution in [3.8, 4) is 16.8 Å². The fraction of sp³-hybridized carbons (Fsp3) is 0.205. The van der Waals surface area contributed by atoms with Crippen LogP contribution in [0.1, 0.15) is 107 Å². The smallest absolute Gasteiger partial charge is 0.252 e. The number of anilines is 9. The van der Waals surface area contributed by atoms with Gasteiger partial charge < -0.3 is 19.3 Å². The minimum atomic E-state index is -0.0818. The molecule has 89 heavy (non-hydrogen) atoms. The lowest BCUT2D eigenvalue weighted by Crippen LogP contribution is -2.61. The molecule has 2 aliphatic heterocycles. The van der Waals surface area contributed by atoms with Crippen LogP contribution in [0.5, 0.6) is 0 Å².